The van der Waals surface area contributed by atoms with Gasteiger partial charge < -0.3 is 18.0 Å². The van der Waals surface area contributed by atoms with E-state index >= 15 is 0 Å². The molecule has 2 unspecified atom stereocenters. The second-order valence-corrected chi connectivity index (χ2v) is 26.6. The molecule has 0 bridgehead atoms. The van der Waals surface area contributed by atoms with Crippen molar-refractivity contribution in [1.29, 1.82) is 0 Å². The summed E-state index contributed by atoms with van der Waals surface area (Å²) in [5.74, 6) is -0.556. The van der Waals surface area contributed by atoms with E-state index in [-0.39, 0.29) is 33.8 Å². The average molecular weight is 869 g/mol. The van der Waals surface area contributed by atoms with E-state index in [2.05, 4.69) is 137 Å². The Hall–Kier alpha value is -0.946. The summed E-state index contributed by atoms with van der Waals surface area (Å²) < 4.78 is 46.9. The van der Waals surface area contributed by atoms with Crippen molar-refractivity contribution in [3.63, 3.8) is 0 Å². The quantitative estimate of drug-likeness (QED) is 0.131. The highest BCUT2D eigenvalue weighted by Crippen LogP contribution is 2.38. The SMILES string of the molecule is CC(CO[Si](C)(C)C(C)(C)C)n1cc(I)c2cncc(F)c21.CC(CO[Si](C)(C)C(C)(C)C)n1cc(I)c2cncc(F)c21. The van der Waals surface area contributed by atoms with Crippen LogP contribution in [0.1, 0.15) is 67.5 Å². The molecule has 0 spiro atoms. The zero-order chi connectivity index (χ0) is 33.4. The van der Waals surface area contributed by atoms with Gasteiger partial charge in [0.1, 0.15) is 0 Å². The highest BCUT2D eigenvalue weighted by molar-refractivity contribution is 14.1. The normalized spacial score (nSPS) is 14.5. The van der Waals surface area contributed by atoms with Crippen molar-refractivity contribution >= 4 is 83.6 Å². The molecule has 244 valence electrons. The second-order valence-electron chi connectivity index (χ2n) is 14.6. The molecule has 0 saturated carbocycles. The Morgan fingerprint density at radius 1 is 0.682 bits per heavy atom. The van der Waals surface area contributed by atoms with Crippen LogP contribution < -0.4 is 0 Å². The molecule has 0 saturated heterocycles. The predicted molar refractivity (Wildman–Crippen MR) is 201 cm³/mol. The summed E-state index contributed by atoms with van der Waals surface area (Å²) in [5.41, 5.74) is 1.23. The molecule has 6 nitrogen and oxygen atoms in total. The van der Waals surface area contributed by atoms with Crippen LogP contribution >= 0.6 is 45.2 Å². The van der Waals surface area contributed by atoms with E-state index in [1.165, 1.54) is 12.4 Å². The third-order valence-corrected chi connectivity index (χ3v) is 19.9. The summed E-state index contributed by atoms with van der Waals surface area (Å²) in [7, 11) is -3.59. The van der Waals surface area contributed by atoms with Gasteiger partial charge in [0.25, 0.3) is 0 Å². The van der Waals surface area contributed by atoms with Gasteiger partial charge in [0.2, 0.25) is 0 Å². The molecule has 44 heavy (non-hydrogen) atoms. The smallest absolute Gasteiger partial charge is 0.192 e. The van der Waals surface area contributed by atoms with Crippen LogP contribution in [0.5, 0.6) is 0 Å². The van der Waals surface area contributed by atoms with Gasteiger partial charge in [0.15, 0.2) is 28.3 Å². The monoisotopic (exact) mass is 868 g/mol. The molecule has 4 aromatic rings. The standard InChI is InChI=1S/2C16H24FIN2OSi/c2*1-11(10-21-22(5,6)16(2,3)4)20-9-14(18)12-7-19-8-13(17)15(12)20/h2*7-9,11H,10H2,1-6H3. The Balaban J connectivity index is 0.000000240. The van der Waals surface area contributed by atoms with Crippen molar-refractivity contribution in [3.05, 3.63) is 56.0 Å². The lowest BCUT2D eigenvalue weighted by Gasteiger charge is -2.37. The Morgan fingerprint density at radius 3 is 1.30 bits per heavy atom. The number of hydrogen-bond donors (Lipinski definition) is 0. The van der Waals surface area contributed by atoms with Gasteiger partial charge in [-0.05, 0) is 95.3 Å². The number of halogens is 4. The first-order valence-electron chi connectivity index (χ1n) is 15.0. The van der Waals surface area contributed by atoms with Crippen molar-refractivity contribution in [2.24, 2.45) is 0 Å². The molecule has 0 radical (unpaired) electrons. The Morgan fingerprint density at radius 2 is 1.00 bits per heavy atom. The average Bonchev–Trinajstić information content (AvgIpc) is 3.44. The van der Waals surface area contributed by atoms with Crippen LogP contribution in [0.15, 0.2) is 37.2 Å². The lowest BCUT2D eigenvalue weighted by molar-refractivity contribution is 0.240. The van der Waals surface area contributed by atoms with Crippen LogP contribution in [0.3, 0.4) is 0 Å². The molecule has 4 heterocycles. The molecule has 0 aliphatic rings. The molecular weight excluding hydrogens is 820 g/mol. The fraction of sp³-hybridized carbons (Fsp3) is 0.562. The molecule has 2 atom stereocenters. The zero-order valence-corrected chi connectivity index (χ0v) is 34.5. The van der Waals surface area contributed by atoms with Crippen LogP contribution in [0, 0.1) is 18.8 Å². The van der Waals surface area contributed by atoms with Crippen molar-refractivity contribution in [3.8, 4) is 0 Å². The van der Waals surface area contributed by atoms with Crippen LogP contribution in [0.25, 0.3) is 21.8 Å². The van der Waals surface area contributed by atoms with Crippen LogP contribution in [-0.2, 0) is 8.85 Å². The minimum atomic E-state index is -1.80. The first kappa shape index (κ1) is 37.5. The Kier molecular flexibility index (Phi) is 12.0. The van der Waals surface area contributed by atoms with Gasteiger partial charge in [-0.2, -0.15) is 0 Å². The molecule has 0 amide bonds. The number of pyridine rings is 2. The minimum absolute atomic E-state index is 0.0806. The van der Waals surface area contributed by atoms with Gasteiger partial charge in [-0.25, -0.2) is 8.78 Å². The van der Waals surface area contributed by atoms with Gasteiger partial charge in [-0.3, -0.25) is 9.97 Å². The summed E-state index contributed by atoms with van der Waals surface area (Å²) in [4.78, 5) is 7.89. The first-order valence-corrected chi connectivity index (χ1v) is 22.9. The molecule has 4 rings (SSSR count). The number of aromatic nitrogens is 4. The predicted octanol–water partition coefficient (Wildman–Crippen LogP) is 10.7. The molecule has 0 N–H and O–H groups in total. The fourth-order valence-corrected chi connectivity index (χ4v) is 7.76. The summed E-state index contributed by atoms with van der Waals surface area (Å²) in [5, 5.41) is 2.07. The van der Waals surface area contributed by atoms with Crippen molar-refractivity contribution in [2.45, 2.75) is 104 Å². The van der Waals surface area contributed by atoms with Crippen molar-refractivity contribution < 1.29 is 17.6 Å². The lowest BCUT2D eigenvalue weighted by atomic mass is 10.2. The first-order chi connectivity index (χ1) is 20.1. The zero-order valence-electron chi connectivity index (χ0n) is 28.2. The summed E-state index contributed by atoms with van der Waals surface area (Å²) in [6.07, 6.45) is 9.95. The molecule has 4 aromatic heterocycles. The van der Waals surface area contributed by atoms with E-state index in [9.17, 15) is 8.78 Å². The van der Waals surface area contributed by atoms with Gasteiger partial charge in [-0.15, -0.1) is 0 Å². The number of nitrogens with zero attached hydrogens (tertiary/aromatic N) is 4. The highest BCUT2D eigenvalue weighted by Gasteiger charge is 2.38. The number of hydrogen-bond acceptors (Lipinski definition) is 4. The Labute approximate surface area is 291 Å². The highest BCUT2D eigenvalue weighted by atomic mass is 127. The van der Waals surface area contributed by atoms with E-state index in [0.29, 0.717) is 24.2 Å². The number of fused-ring (bicyclic) bond motifs is 2. The summed E-state index contributed by atoms with van der Waals surface area (Å²) >= 11 is 4.45. The molecule has 0 fully saturated rings. The van der Waals surface area contributed by atoms with Gasteiger partial charge >= 0.3 is 0 Å². The molecule has 0 aliphatic carbocycles. The molecule has 0 aliphatic heterocycles. The van der Waals surface area contributed by atoms with Crippen LogP contribution in [0.4, 0.5) is 8.78 Å². The van der Waals surface area contributed by atoms with E-state index in [1.807, 2.05) is 21.5 Å². The van der Waals surface area contributed by atoms with Crippen molar-refractivity contribution in [1.82, 2.24) is 19.1 Å². The van der Waals surface area contributed by atoms with Crippen molar-refractivity contribution in [2.75, 3.05) is 13.2 Å². The van der Waals surface area contributed by atoms with E-state index in [0.717, 1.165) is 17.9 Å². The van der Waals surface area contributed by atoms with E-state index in [1.54, 1.807) is 12.4 Å². The summed E-state index contributed by atoms with van der Waals surface area (Å²) in [6, 6.07) is 0.161. The van der Waals surface area contributed by atoms with Crippen LogP contribution in [-0.4, -0.2) is 49.0 Å². The minimum Gasteiger partial charge on any atom is -0.415 e. The van der Waals surface area contributed by atoms with Gasteiger partial charge in [0, 0.05) is 42.7 Å². The maximum absolute atomic E-state index is 14.2. The molecule has 0 aromatic carbocycles. The third kappa shape index (κ3) is 8.30. The third-order valence-electron chi connectivity index (χ3n) is 9.21. The van der Waals surface area contributed by atoms with Gasteiger partial charge in [0.05, 0.1) is 48.7 Å². The topological polar surface area (TPSA) is 54.1 Å². The van der Waals surface area contributed by atoms with Crippen LogP contribution in [0.2, 0.25) is 36.3 Å². The number of rotatable bonds is 8. The maximum atomic E-state index is 14.2. The fourth-order valence-electron chi connectivity index (χ4n) is 4.19. The molecular formula is C32H48F2I2N4O2Si2. The van der Waals surface area contributed by atoms with E-state index < -0.39 is 16.6 Å². The Bertz CT molecular complexity index is 1480. The maximum Gasteiger partial charge on any atom is 0.192 e. The lowest BCUT2D eigenvalue weighted by Crippen LogP contribution is -2.41. The summed E-state index contributed by atoms with van der Waals surface area (Å²) in [6.45, 7) is 27.6. The van der Waals surface area contributed by atoms with E-state index in [4.69, 9.17) is 8.85 Å². The largest absolute Gasteiger partial charge is 0.415 e. The van der Waals surface area contributed by atoms with Gasteiger partial charge in [-0.1, -0.05) is 41.5 Å². The molecule has 12 heteroatoms. The second kappa shape index (κ2) is 14.0.